The van der Waals surface area contributed by atoms with E-state index >= 15 is 0 Å². The Morgan fingerprint density at radius 3 is 2.64 bits per heavy atom. The summed E-state index contributed by atoms with van der Waals surface area (Å²) in [7, 11) is 0. The van der Waals surface area contributed by atoms with E-state index in [1.165, 1.54) is 4.90 Å². The third kappa shape index (κ3) is 4.70. The van der Waals surface area contributed by atoms with Gasteiger partial charge in [-0.3, -0.25) is 14.5 Å². The Hall–Kier alpha value is -2.86. The molecule has 1 aliphatic rings. The quantitative estimate of drug-likeness (QED) is 0.700. The number of amides is 4. The molecule has 1 heterocycles. The molecule has 0 saturated carbocycles. The van der Waals surface area contributed by atoms with E-state index in [9.17, 15) is 14.4 Å². The highest BCUT2D eigenvalue weighted by Gasteiger charge is 2.40. The van der Waals surface area contributed by atoms with E-state index in [1.54, 1.807) is 12.1 Å². The summed E-state index contributed by atoms with van der Waals surface area (Å²) in [6.45, 7) is 2.18. The Bertz CT molecular complexity index is 872. The van der Waals surface area contributed by atoms with Crippen LogP contribution in [-0.4, -0.2) is 28.8 Å². The summed E-state index contributed by atoms with van der Waals surface area (Å²) in [6.07, 6.45) is 0.398. The van der Waals surface area contributed by atoms with Crippen molar-refractivity contribution in [1.29, 1.82) is 0 Å². The van der Waals surface area contributed by atoms with Gasteiger partial charge >= 0.3 is 6.03 Å². The Kier molecular flexibility index (Phi) is 6.31. The molecule has 146 valence electrons. The first-order valence-electron chi connectivity index (χ1n) is 9.15. The van der Waals surface area contributed by atoms with Gasteiger partial charge in [-0.05, 0) is 36.6 Å². The number of imide groups is 1. The molecule has 0 aromatic heterocycles. The monoisotopic (exact) mass is 399 g/mol. The molecule has 1 aliphatic heterocycles. The van der Waals surface area contributed by atoms with E-state index in [1.807, 2.05) is 49.4 Å². The van der Waals surface area contributed by atoms with Gasteiger partial charge in [0.1, 0.15) is 6.04 Å². The van der Waals surface area contributed by atoms with Crippen molar-refractivity contribution in [2.45, 2.75) is 38.4 Å². The number of carbonyl (C=O) groups excluding carboxylic acids is 3. The van der Waals surface area contributed by atoms with E-state index in [2.05, 4.69) is 10.6 Å². The number of nitrogens with one attached hydrogen (secondary N) is 2. The minimum absolute atomic E-state index is 0.144. The maximum atomic E-state index is 12.7. The van der Waals surface area contributed by atoms with Crippen LogP contribution in [0.4, 0.5) is 4.79 Å². The average Bonchev–Trinajstić information content (AvgIpc) is 2.98. The third-order valence-corrected chi connectivity index (χ3v) is 5.00. The summed E-state index contributed by atoms with van der Waals surface area (Å²) < 4.78 is 0. The molecule has 1 fully saturated rings. The lowest BCUT2D eigenvalue weighted by Gasteiger charge is -2.21. The zero-order valence-electron chi connectivity index (χ0n) is 15.5. The lowest BCUT2D eigenvalue weighted by atomic mass is 10.1. The fourth-order valence-electron chi connectivity index (χ4n) is 3.20. The molecular weight excluding hydrogens is 378 g/mol. The number of urea groups is 1. The molecule has 0 radical (unpaired) electrons. The maximum Gasteiger partial charge on any atom is 0.325 e. The van der Waals surface area contributed by atoms with Gasteiger partial charge in [0, 0.05) is 18.0 Å². The summed E-state index contributed by atoms with van der Waals surface area (Å²) in [5.41, 5.74) is 1.78. The second kappa shape index (κ2) is 8.89. The first kappa shape index (κ1) is 19.9. The van der Waals surface area contributed by atoms with Crippen molar-refractivity contribution >= 4 is 29.4 Å². The van der Waals surface area contributed by atoms with E-state index in [4.69, 9.17) is 11.6 Å². The molecule has 1 saturated heterocycles. The van der Waals surface area contributed by atoms with Crippen LogP contribution in [0.25, 0.3) is 0 Å². The van der Waals surface area contributed by atoms with E-state index in [0.29, 0.717) is 11.6 Å². The van der Waals surface area contributed by atoms with E-state index in [0.717, 1.165) is 11.1 Å². The first-order chi connectivity index (χ1) is 13.5. The Balaban J connectivity index is 1.51. The van der Waals surface area contributed by atoms with Gasteiger partial charge in [0.25, 0.3) is 5.91 Å². The molecule has 2 aromatic rings. The molecule has 3 rings (SSSR count). The summed E-state index contributed by atoms with van der Waals surface area (Å²) in [4.78, 5) is 38.3. The third-order valence-electron chi connectivity index (χ3n) is 4.76. The lowest BCUT2D eigenvalue weighted by molar-refractivity contribution is -0.129. The molecule has 2 aromatic carbocycles. The largest absolute Gasteiger partial charge is 0.352 e. The number of benzene rings is 2. The van der Waals surface area contributed by atoms with Crippen LogP contribution >= 0.6 is 11.6 Å². The molecule has 0 unspecified atom stereocenters. The number of hydrogen-bond acceptors (Lipinski definition) is 3. The number of nitrogens with zero attached hydrogens (tertiary/aromatic N) is 1. The highest BCUT2D eigenvalue weighted by Crippen LogP contribution is 2.25. The Labute approximate surface area is 168 Å². The van der Waals surface area contributed by atoms with Gasteiger partial charge < -0.3 is 10.6 Å². The number of hydrogen-bond donors (Lipinski definition) is 2. The van der Waals surface area contributed by atoms with E-state index < -0.39 is 12.1 Å². The van der Waals surface area contributed by atoms with Gasteiger partial charge in [0.2, 0.25) is 5.91 Å². The predicted molar refractivity (Wildman–Crippen MR) is 107 cm³/mol. The zero-order valence-corrected chi connectivity index (χ0v) is 16.3. The molecular formula is C21H22ClN3O3. The van der Waals surface area contributed by atoms with Crippen molar-refractivity contribution in [2.24, 2.45) is 0 Å². The number of rotatable bonds is 7. The molecule has 0 aliphatic carbocycles. The Morgan fingerprint density at radius 2 is 1.93 bits per heavy atom. The SMILES string of the molecule is C[C@@H](c1ccccc1)N1C(=O)N[C@@H](CCC(=O)NCc2cccc(Cl)c2)C1=O. The maximum absolute atomic E-state index is 12.7. The molecule has 2 N–H and O–H groups in total. The minimum atomic E-state index is -0.685. The molecule has 4 amide bonds. The summed E-state index contributed by atoms with van der Waals surface area (Å²) >= 11 is 5.93. The van der Waals surface area contributed by atoms with Gasteiger partial charge in [-0.2, -0.15) is 0 Å². The van der Waals surface area contributed by atoms with E-state index in [-0.39, 0.29) is 30.7 Å². The standard InChI is InChI=1S/C21H22ClN3O3/c1-14(16-7-3-2-4-8-16)25-20(27)18(24-21(25)28)10-11-19(26)23-13-15-6-5-9-17(22)12-15/h2-9,12,14,18H,10-11,13H2,1H3,(H,23,26)(H,24,28)/t14-,18-/m0/s1. The van der Waals surface area contributed by atoms with Crippen LogP contribution in [0.15, 0.2) is 54.6 Å². The summed E-state index contributed by atoms with van der Waals surface area (Å²) in [6, 6.07) is 15.1. The van der Waals surface area contributed by atoms with Crippen LogP contribution in [0.2, 0.25) is 5.02 Å². The average molecular weight is 400 g/mol. The first-order valence-corrected chi connectivity index (χ1v) is 9.53. The van der Waals surface area contributed by atoms with Crippen LogP contribution in [0.3, 0.4) is 0 Å². The van der Waals surface area contributed by atoms with Gasteiger partial charge in [0.15, 0.2) is 0 Å². The molecule has 0 spiro atoms. The second-order valence-corrected chi connectivity index (χ2v) is 7.18. The minimum Gasteiger partial charge on any atom is -0.352 e. The predicted octanol–water partition coefficient (Wildman–Crippen LogP) is 3.42. The molecule has 0 bridgehead atoms. The van der Waals surface area contributed by atoms with Crippen LogP contribution in [0.5, 0.6) is 0 Å². The number of carbonyl (C=O) groups is 3. The van der Waals surface area contributed by atoms with Gasteiger partial charge in [-0.25, -0.2) is 4.79 Å². The second-order valence-electron chi connectivity index (χ2n) is 6.74. The van der Waals surface area contributed by atoms with Crippen molar-refractivity contribution in [3.63, 3.8) is 0 Å². The highest BCUT2D eigenvalue weighted by atomic mass is 35.5. The number of halogens is 1. The fourth-order valence-corrected chi connectivity index (χ4v) is 3.42. The summed E-state index contributed by atoms with van der Waals surface area (Å²) in [5.74, 6) is -0.486. The van der Waals surface area contributed by atoms with Crippen molar-refractivity contribution in [2.75, 3.05) is 0 Å². The van der Waals surface area contributed by atoms with Crippen LogP contribution in [0.1, 0.15) is 36.9 Å². The van der Waals surface area contributed by atoms with Crippen molar-refractivity contribution in [3.05, 3.63) is 70.7 Å². The van der Waals surface area contributed by atoms with Crippen molar-refractivity contribution in [1.82, 2.24) is 15.5 Å². The normalized spacial score (nSPS) is 17.4. The fraction of sp³-hybridized carbons (Fsp3) is 0.286. The van der Waals surface area contributed by atoms with Crippen molar-refractivity contribution < 1.29 is 14.4 Å². The lowest BCUT2D eigenvalue weighted by Crippen LogP contribution is -2.34. The smallest absolute Gasteiger partial charge is 0.325 e. The van der Waals surface area contributed by atoms with Gasteiger partial charge in [-0.15, -0.1) is 0 Å². The van der Waals surface area contributed by atoms with Gasteiger partial charge in [-0.1, -0.05) is 54.1 Å². The zero-order chi connectivity index (χ0) is 20.1. The van der Waals surface area contributed by atoms with Gasteiger partial charge in [0.05, 0.1) is 6.04 Å². The molecule has 6 nitrogen and oxygen atoms in total. The van der Waals surface area contributed by atoms with Crippen molar-refractivity contribution in [3.8, 4) is 0 Å². The Morgan fingerprint density at radius 1 is 1.18 bits per heavy atom. The van der Waals surface area contributed by atoms with Crippen LogP contribution < -0.4 is 10.6 Å². The highest BCUT2D eigenvalue weighted by molar-refractivity contribution is 6.30. The molecule has 28 heavy (non-hydrogen) atoms. The van der Waals surface area contributed by atoms with Crippen LogP contribution in [-0.2, 0) is 16.1 Å². The molecule has 2 atom stereocenters. The molecule has 7 heteroatoms. The van der Waals surface area contributed by atoms with Crippen LogP contribution in [0, 0.1) is 0 Å². The topological polar surface area (TPSA) is 78.5 Å². The summed E-state index contributed by atoms with van der Waals surface area (Å²) in [5, 5.41) is 6.09.